The summed E-state index contributed by atoms with van der Waals surface area (Å²) in [5, 5.41) is 11.7. The number of pyridine rings is 1. The maximum Gasteiger partial charge on any atom is 0.189 e. The molecule has 3 heterocycles. The van der Waals surface area contributed by atoms with Gasteiger partial charge in [0.1, 0.15) is 6.10 Å². The molecule has 27 heavy (non-hydrogen) atoms. The van der Waals surface area contributed by atoms with E-state index in [9.17, 15) is 5.11 Å². The van der Waals surface area contributed by atoms with Crippen molar-refractivity contribution in [1.29, 1.82) is 0 Å². The smallest absolute Gasteiger partial charge is 0.189 e. The lowest BCUT2D eigenvalue weighted by Crippen LogP contribution is -2.22. The van der Waals surface area contributed by atoms with Crippen LogP contribution in [0.15, 0.2) is 53.2 Å². The standard InChI is InChI=1S/C21H23NO5/c23-19(16-7-10-24-11-8-16)21-20(17-6-9-22-12-18(17)27-21)26-14-25-13-15-4-2-1-3-5-15/h1-6,9,12,16,19,23H,7-8,10-11,13-14H2. The van der Waals surface area contributed by atoms with Crippen molar-refractivity contribution in [2.45, 2.75) is 25.6 Å². The van der Waals surface area contributed by atoms with E-state index in [1.807, 2.05) is 36.4 Å². The zero-order valence-electron chi connectivity index (χ0n) is 15.0. The largest absolute Gasteiger partial charge is 0.463 e. The molecule has 1 unspecified atom stereocenters. The Labute approximate surface area is 157 Å². The summed E-state index contributed by atoms with van der Waals surface area (Å²) in [6.45, 7) is 1.83. The number of benzene rings is 1. The summed E-state index contributed by atoms with van der Waals surface area (Å²) in [4.78, 5) is 4.09. The van der Waals surface area contributed by atoms with Crippen molar-refractivity contribution in [1.82, 2.24) is 4.98 Å². The van der Waals surface area contributed by atoms with E-state index in [1.54, 1.807) is 12.4 Å². The predicted molar refractivity (Wildman–Crippen MR) is 99.2 cm³/mol. The number of hydrogen-bond donors (Lipinski definition) is 1. The minimum Gasteiger partial charge on any atom is -0.463 e. The van der Waals surface area contributed by atoms with E-state index in [2.05, 4.69) is 4.98 Å². The zero-order chi connectivity index (χ0) is 18.5. The Morgan fingerprint density at radius 1 is 1.15 bits per heavy atom. The van der Waals surface area contributed by atoms with E-state index < -0.39 is 6.10 Å². The van der Waals surface area contributed by atoms with Crippen LogP contribution in [0, 0.1) is 5.92 Å². The fourth-order valence-corrected chi connectivity index (χ4v) is 3.37. The van der Waals surface area contributed by atoms with Gasteiger partial charge in [-0.05, 0) is 30.4 Å². The average molecular weight is 369 g/mol. The first kappa shape index (κ1) is 18.0. The number of fused-ring (bicyclic) bond motifs is 1. The van der Waals surface area contributed by atoms with Crippen LogP contribution in [0.2, 0.25) is 0 Å². The van der Waals surface area contributed by atoms with Crippen LogP contribution < -0.4 is 4.74 Å². The van der Waals surface area contributed by atoms with Crippen LogP contribution in [0.25, 0.3) is 11.0 Å². The molecule has 3 aromatic rings. The van der Waals surface area contributed by atoms with Crippen molar-refractivity contribution in [2.75, 3.05) is 20.0 Å². The molecule has 1 aliphatic rings. The highest BCUT2D eigenvalue weighted by atomic mass is 16.7. The van der Waals surface area contributed by atoms with Crippen molar-refractivity contribution in [3.8, 4) is 5.75 Å². The van der Waals surface area contributed by atoms with Crippen LogP contribution >= 0.6 is 0 Å². The Hall–Kier alpha value is -2.41. The van der Waals surface area contributed by atoms with Crippen molar-refractivity contribution >= 4 is 11.0 Å². The molecule has 0 aliphatic carbocycles. The van der Waals surface area contributed by atoms with Gasteiger partial charge in [-0.3, -0.25) is 4.98 Å². The van der Waals surface area contributed by atoms with E-state index in [0.717, 1.165) is 23.8 Å². The molecule has 0 amide bonds. The van der Waals surface area contributed by atoms with Crippen molar-refractivity contribution in [3.05, 3.63) is 60.1 Å². The molecule has 1 N–H and O–H groups in total. The second kappa shape index (κ2) is 8.52. The van der Waals surface area contributed by atoms with Gasteiger partial charge in [-0.2, -0.15) is 0 Å². The number of aliphatic hydroxyl groups is 1. The fraction of sp³-hybridized carbons (Fsp3) is 0.381. The van der Waals surface area contributed by atoms with E-state index in [4.69, 9.17) is 18.6 Å². The number of aliphatic hydroxyl groups excluding tert-OH is 1. The second-order valence-corrected chi connectivity index (χ2v) is 6.66. The quantitative estimate of drug-likeness (QED) is 0.504. The van der Waals surface area contributed by atoms with Gasteiger partial charge in [-0.1, -0.05) is 30.3 Å². The van der Waals surface area contributed by atoms with Gasteiger partial charge in [0.05, 0.1) is 18.2 Å². The number of aromatic nitrogens is 1. The molecule has 0 saturated carbocycles. The normalized spacial score (nSPS) is 16.5. The van der Waals surface area contributed by atoms with Crippen LogP contribution in [0.5, 0.6) is 5.75 Å². The lowest BCUT2D eigenvalue weighted by atomic mass is 9.92. The molecule has 6 nitrogen and oxygen atoms in total. The zero-order valence-corrected chi connectivity index (χ0v) is 15.0. The summed E-state index contributed by atoms with van der Waals surface area (Å²) in [6, 6.07) is 11.7. The predicted octanol–water partition coefficient (Wildman–Crippen LogP) is 3.84. The average Bonchev–Trinajstić information content (AvgIpc) is 3.11. The first-order valence-electron chi connectivity index (χ1n) is 9.19. The molecular formula is C21H23NO5. The molecule has 1 fully saturated rings. The van der Waals surface area contributed by atoms with Crippen LogP contribution in [0.3, 0.4) is 0 Å². The Bertz CT molecular complexity index is 857. The van der Waals surface area contributed by atoms with Crippen LogP contribution in [0.4, 0.5) is 0 Å². The molecule has 142 valence electrons. The van der Waals surface area contributed by atoms with Crippen molar-refractivity contribution in [2.24, 2.45) is 5.92 Å². The summed E-state index contributed by atoms with van der Waals surface area (Å²) in [6.07, 6.45) is 4.15. The summed E-state index contributed by atoms with van der Waals surface area (Å²) in [5.41, 5.74) is 1.67. The number of rotatable bonds is 7. The first-order valence-corrected chi connectivity index (χ1v) is 9.19. The highest BCUT2D eigenvalue weighted by Crippen LogP contribution is 2.41. The van der Waals surface area contributed by atoms with E-state index in [1.165, 1.54) is 0 Å². The van der Waals surface area contributed by atoms with E-state index in [0.29, 0.717) is 36.9 Å². The lowest BCUT2D eigenvalue weighted by Gasteiger charge is -2.25. The highest BCUT2D eigenvalue weighted by Gasteiger charge is 2.30. The number of nitrogens with zero attached hydrogens (tertiary/aromatic N) is 1. The molecule has 1 aliphatic heterocycles. The molecule has 0 spiro atoms. The molecule has 2 aromatic heterocycles. The van der Waals surface area contributed by atoms with Crippen LogP contribution in [-0.2, 0) is 16.1 Å². The third-order valence-electron chi connectivity index (χ3n) is 4.85. The highest BCUT2D eigenvalue weighted by molar-refractivity contribution is 5.84. The van der Waals surface area contributed by atoms with Crippen molar-refractivity contribution < 1.29 is 23.7 Å². The topological polar surface area (TPSA) is 74.0 Å². The van der Waals surface area contributed by atoms with Crippen LogP contribution in [-0.4, -0.2) is 30.1 Å². The Morgan fingerprint density at radius 3 is 2.78 bits per heavy atom. The molecule has 1 saturated heterocycles. The molecule has 6 heteroatoms. The van der Waals surface area contributed by atoms with Gasteiger partial charge in [0, 0.05) is 19.4 Å². The van der Waals surface area contributed by atoms with Gasteiger partial charge in [0.15, 0.2) is 23.9 Å². The molecule has 0 bridgehead atoms. The Kier molecular flexibility index (Phi) is 5.67. The van der Waals surface area contributed by atoms with Crippen LogP contribution in [0.1, 0.15) is 30.3 Å². The molecule has 1 aromatic carbocycles. The van der Waals surface area contributed by atoms with Gasteiger partial charge in [-0.25, -0.2) is 0 Å². The SMILES string of the molecule is OC(c1oc2cnccc2c1OCOCc1ccccc1)C1CCOCC1. The van der Waals surface area contributed by atoms with Gasteiger partial charge < -0.3 is 23.7 Å². The maximum atomic E-state index is 10.9. The van der Waals surface area contributed by atoms with Gasteiger partial charge in [0.2, 0.25) is 0 Å². The van der Waals surface area contributed by atoms with Gasteiger partial charge >= 0.3 is 0 Å². The summed E-state index contributed by atoms with van der Waals surface area (Å²) >= 11 is 0. The number of furan rings is 1. The van der Waals surface area contributed by atoms with Crippen molar-refractivity contribution in [3.63, 3.8) is 0 Å². The Balaban J connectivity index is 1.49. The second-order valence-electron chi connectivity index (χ2n) is 6.66. The lowest BCUT2D eigenvalue weighted by molar-refractivity contribution is -0.0120. The third kappa shape index (κ3) is 4.13. The number of ether oxygens (including phenoxy) is 3. The molecular weight excluding hydrogens is 346 g/mol. The van der Waals surface area contributed by atoms with E-state index in [-0.39, 0.29) is 12.7 Å². The fourth-order valence-electron chi connectivity index (χ4n) is 3.37. The van der Waals surface area contributed by atoms with E-state index >= 15 is 0 Å². The maximum absolute atomic E-state index is 10.9. The molecule has 4 rings (SSSR count). The first-order chi connectivity index (χ1) is 13.3. The molecule has 0 radical (unpaired) electrons. The third-order valence-corrected chi connectivity index (χ3v) is 4.85. The molecule has 1 atom stereocenters. The monoisotopic (exact) mass is 369 g/mol. The minimum absolute atomic E-state index is 0.0688. The Morgan fingerprint density at radius 2 is 1.96 bits per heavy atom. The van der Waals surface area contributed by atoms with Gasteiger partial charge in [-0.15, -0.1) is 0 Å². The summed E-state index contributed by atoms with van der Waals surface area (Å²) in [5.74, 6) is 1.05. The summed E-state index contributed by atoms with van der Waals surface area (Å²) in [7, 11) is 0. The van der Waals surface area contributed by atoms with Gasteiger partial charge in [0.25, 0.3) is 0 Å². The number of hydrogen-bond acceptors (Lipinski definition) is 6. The summed E-state index contributed by atoms with van der Waals surface area (Å²) < 4.78 is 22.8. The minimum atomic E-state index is -0.745.